The minimum absolute atomic E-state index is 0.229. The first-order valence-corrected chi connectivity index (χ1v) is 6.78. The molecule has 0 saturated heterocycles. The molecule has 106 valence electrons. The zero-order valence-electron chi connectivity index (χ0n) is 11.5. The van der Waals surface area contributed by atoms with Crippen LogP contribution in [0.5, 0.6) is 0 Å². The fourth-order valence-corrected chi connectivity index (χ4v) is 2.63. The number of hydrogen-bond donors (Lipinski definition) is 1. The molecule has 22 heavy (non-hydrogen) atoms. The molecule has 5 nitrogen and oxygen atoms in total. The summed E-state index contributed by atoms with van der Waals surface area (Å²) in [5.41, 5.74) is 4.48. The minimum atomic E-state index is -0.957. The Kier molecular flexibility index (Phi) is 2.66. The van der Waals surface area contributed by atoms with E-state index in [9.17, 15) is 4.79 Å². The Morgan fingerprint density at radius 1 is 1.05 bits per heavy atom. The molecule has 1 N–H and O–H groups in total. The van der Waals surface area contributed by atoms with E-state index in [0.717, 1.165) is 22.3 Å². The molecule has 0 amide bonds. The van der Waals surface area contributed by atoms with Crippen LogP contribution < -0.4 is 0 Å². The van der Waals surface area contributed by atoms with Crippen molar-refractivity contribution in [3.63, 3.8) is 0 Å². The predicted octanol–water partition coefficient (Wildman–Crippen LogP) is 3.25. The molecule has 0 unspecified atom stereocenters. The van der Waals surface area contributed by atoms with Gasteiger partial charge in [0.05, 0.1) is 27.8 Å². The van der Waals surface area contributed by atoms with Gasteiger partial charge in [-0.15, -0.1) is 0 Å². The summed E-state index contributed by atoms with van der Waals surface area (Å²) in [6.45, 7) is 0. The quantitative estimate of drug-likeness (QED) is 0.615. The number of aromatic nitrogens is 3. The van der Waals surface area contributed by atoms with Gasteiger partial charge in [0.1, 0.15) is 0 Å². The number of carbonyl (C=O) groups is 1. The molecule has 1 aromatic carbocycles. The highest BCUT2D eigenvalue weighted by atomic mass is 16.4. The summed E-state index contributed by atoms with van der Waals surface area (Å²) in [6, 6.07) is 12.7. The number of rotatable bonds is 2. The smallest absolute Gasteiger partial charge is 0.335 e. The normalized spacial score (nSPS) is 11.1. The molecule has 0 aliphatic carbocycles. The summed E-state index contributed by atoms with van der Waals surface area (Å²) in [6.07, 6.45) is 5.38. The molecule has 3 heterocycles. The van der Waals surface area contributed by atoms with Crippen molar-refractivity contribution in [2.75, 3.05) is 0 Å². The first kappa shape index (κ1) is 12.5. The third-order valence-electron chi connectivity index (χ3n) is 3.66. The number of carboxylic acid groups (broad SMARTS) is 1. The minimum Gasteiger partial charge on any atom is -0.478 e. The molecule has 5 heteroatoms. The molecule has 0 bridgehead atoms. The Morgan fingerprint density at radius 2 is 1.86 bits per heavy atom. The van der Waals surface area contributed by atoms with Crippen LogP contribution in [0.3, 0.4) is 0 Å². The third kappa shape index (κ3) is 1.83. The Bertz CT molecular complexity index is 1010. The number of aromatic carboxylic acids is 1. The lowest BCUT2D eigenvalue weighted by Gasteiger charge is -2.09. The number of fused-ring (bicyclic) bond motifs is 3. The van der Waals surface area contributed by atoms with Crippen LogP contribution in [0, 0.1) is 0 Å². The molecular formula is C17H11N3O2. The van der Waals surface area contributed by atoms with E-state index in [1.807, 2.05) is 34.9 Å². The summed E-state index contributed by atoms with van der Waals surface area (Å²) < 4.78 is 2.02. The molecule has 0 atom stereocenters. The van der Waals surface area contributed by atoms with Gasteiger partial charge in [-0.2, -0.15) is 0 Å². The van der Waals surface area contributed by atoms with Crippen LogP contribution in [0.25, 0.3) is 27.8 Å². The highest BCUT2D eigenvalue weighted by molar-refractivity contribution is 5.94. The van der Waals surface area contributed by atoms with E-state index in [-0.39, 0.29) is 5.56 Å². The van der Waals surface area contributed by atoms with Crippen molar-refractivity contribution in [2.45, 2.75) is 0 Å². The van der Waals surface area contributed by atoms with Gasteiger partial charge in [-0.25, -0.2) is 9.78 Å². The van der Waals surface area contributed by atoms with Crippen LogP contribution >= 0.6 is 0 Å². The maximum absolute atomic E-state index is 11.2. The summed E-state index contributed by atoms with van der Waals surface area (Å²) in [5, 5.41) is 9.16. The van der Waals surface area contributed by atoms with Crippen LogP contribution in [-0.2, 0) is 0 Å². The van der Waals surface area contributed by atoms with E-state index >= 15 is 0 Å². The van der Waals surface area contributed by atoms with Gasteiger partial charge in [-0.3, -0.25) is 4.98 Å². The van der Waals surface area contributed by atoms with Crippen molar-refractivity contribution in [1.29, 1.82) is 0 Å². The fourth-order valence-electron chi connectivity index (χ4n) is 2.63. The highest BCUT2D eigenvalue weighted by Crippen LogP contribution is 2.27. The lowest BCUT2D eigenvalue weighted by atomic mass is 10.1. The van der Waals surface area contributed by atoms with E-state index in [4.69, 9.17) is 5.11 Å². The Morgan fingerprint density at radius 3 is 2.64 bits per heavy atom. The molecule has 4 aromatic rings. The third-order valence-corrected chi connectivity index (χ3v) is 3.66. The molecule has 0 aliphatic rings. The Balaban J connectivity index is 2.10. The largest absolute Gasteiger partial charge is 0.478 e. The lowest BCUT2D eigenvalue weighted by molar-refractivity contribution is 0.0697. The second-order valence-electron chi connectivity index (χ2n) is 4.97. The van der Waals surface area contributed by atoms with Crippen molar-refractivity contribution < 1.29 is 9.90 Å². The monoisotopic (exact) mass is 289 g/mol. The van der Waals surface area contributed by atoms with Crippen LogP contribution in [0.1, 0.15) is 10.4 Å². The van der Waals surface area contributed by atoms with Gasteiger partial charge >= 0.3 is 5.97 Å². The van der Waals surface area contributed by atoms with E-state index in [1.54, 1.807) is 30.6 Å². The SMILES string of the molecule is O=C(O)c1ccc2c(c1)nc(-c1ccncc1)c1cccn12. The van der Waals surface area contributed by atoms with E-state index in [1.165, 1.54) is 0 Å². The molecule has 0 fully saturated rings. The van der Waals surface area contributed by atoms with Crippen molar-refractivity contribution in [2.24, 2.45) is 0 Å². The molecule has 0 aliphatic heterocycles. The second kappa shape index (κ2) is 4.66. The summed E-state index contributed by atoms with van der Waals surface area (Å²) >= 11 is 0. The van der Waals surface area contributed by atoms with Gasteiger partial charge in [-0.05, 0) is 42.5 Å². The van der Waals surface area contributed by atoms with Gasteiger partial charge < -0.3 is 9.51 Å². The van der Waals surface area contributed by atoms with Crippen LogP contribution in [0.4, 0.5) is 0 Å². The molecule has 0 spiro atoms. The maximum Gasteiger partial charge on any atom is 0.335 e. The van der Waals surface area contributed by atoms with E-state index in [2.05, 4.69) is 9.97 Å². The van der Waals surface area contributed by atoms with Crippen LogP contribution in [0.15, 0.2) is 61.1 Å². The van der Waals surface area contributed by atoms with Crippen molar-refractivity contribution in [3.8, 4) is 11.3 Å². The fraction of sp³-hybridized carbons (Fsp3) is 0. The van der Waals surface area contributed by atoms with Crippen molar-refractivity contribution >= 4 is 22.5 Å². The standard InChI is InChI=1S/C17H11N3O2/c21-17(22)12-3-4-14-13(10-12)19-16(11-5-7-18-8-6-11)15-2-1-9-20(14)15/h1-10H,(H,21,22). The molecular weight excluding hydrogens is 278 g/mol. The number of benzene rings is 1. The first-order chi connectivity index (χ1) is 10.7. The van der Waals surface area contributed by atoms with Gasteiger partial charge in [0.25, 0.3) is 0 Å². The van der Waals surface area contributed by atoms with Gasteiger partial charge in [-0.1, -0.05) is 0 Å². The molecule has 3 aromatic heterocycles. The Labute approximate surface area is 125 Å². The lowest BCUT2D eigenvalue weighted by Crippen LogP contribution is -1.99. The summed E-state index contributed by atoms with van der Waals surface area (Å²) in [5.74, 6) is -0.957. The topological polar surface area (TPSA) is 67.5 Å². The number of nitrogens with zero attached hydrogens (tertiary/aromatic N) is 3. The van der Waals surface area contributed by atoms with Crippen molar-refractivity contribution in [3.05, 3.63) is 66.6 Å². The summed E-state index contributed by atoms with van der Waals surface area (Å²) in [7, 11) is 0. The number of hydrogen-bond acceptors (Lipinski definition) is 3. The molecule has 0 radical (unpaired) electrons. The average Bonchev–Trinajstić information content (AvgIpc) is 3.04. The zero-order valence-corrected chi connectivity index (χ0v) is 11.5. The van der Waals surface area contributed by atoms with Crippen LogP contribution in [-0.4, -0.2) is 25.4 Å². The van der Waals surface area contributed by atoms with Crippen molar-refractivity contribution in [1.82, 2.24) is 14.4 Å². The summed E-state index contributed by atoms with van der Waals surface area (Å²) in [4.78, 5) is 19.9. The number of pyridine rings is 1. The average molecular weight is 289 g/mol. The maximum atomic E-state index is 11.2. The van der Waals surface area contributed by atoms with Gasteiger partial charge in [0, 0.05) is 24.2 Å². The van der Waals surface area contributed by atoms with E-state index < -0.39 is 5.97 Å². The molecule has 0 saturated carbocycles. The van der Waals surface area contributed by atoms with Gasteiger partial charge in [0.2, 0.25) is 0 Å². The van der Waals surface area contributed by atoms with E-state index in [0.29, 0.717) is 5.52 Å². The second-order valence-corrected chi connectivity index (χ2v) is 4.97. The zero-order chi connectivity index (χ0) is 15.1. The highest BCUT2D eigenvalue weighted by Gasteiger charge is 2.12. The van der Waals surface area contributed by atoms with Crippen LogP contribution in [0.2, 0.25) is 0 Å². The molecule has 4 rings (SSSR count). The number of carboxylic acids is 1. The van der Waals surface area contributed by atoms with Gasteiger partial charge in [0.15, 0.2) is 0 Å². The Hall–Kier alpha value is -3.21. The first-order valence-electron chi connectivity index (χ1n) is 6.78. The predicted molar refractivity (Wildman–Crippen MR) is 82.9 cm³/mol.